The molecule has 0 fully saturated rings. The van der Waals surface area contributed by atoms with Crippen LogP contribution in [0.2, 0.25) is 0 Å². The summed E-state index contributed by atoms with van der Waals surface area (Å²) < 4.78 is 21.8. The van der Waals surface area contributed by atoms with E-state index in [1.54, 1.807) is 0 Å². The van der Waals surface area contributed by atoms with E-state index < -0.39 is 6.67 Å². The molecule has 0 bridgehead atoms. The summed E-state index contributed by atoms with van der Waals surface area (Å²) in [5.41, 5.74) is 0.644. The number of hydrogen-bond acceptors (Lipinski definition) is 4. The van der Waals surface area contributed by atoms with Crippen LogP contribution < -0.4 is 9.47 Å². The quantitative estimate of drug-likeness (QED) is 0.703. The SMILES string of the molecule is COc1ncc(CCF)c(OC)n1. The van der Waals surface area contributed by atoms with Gasteiger partial charge in [-0.2, -0.15) is 4.98 Å². The zero-order chi connectivity index (χ0) is 9.68. The van der Waals surface area contributed by atoms with Crippen molar-refractivity contribution in [1.82, 2.24) is 9.97 Å². The third-order valence-corrected chi connectivity index (χ3v) is 1.54. The van der Waals surface area contributed by atoms with Gasteiger partial charge in [0.1, 0.15) is 0 Å². The molecule has 0 aromatic carbocycles. The molecule has 0 aliphatic heterocycles. The second-order valence-electron chi connectivity index (χ2n) is 2.33. The fourth-order valence-electron chi connectivity index (χ4n) is 0.924. The van der Waals surface area contributed by atoms with Gasteiger partial charge in [-0.3, -0.25) is 4.39 Å². The number of hydrogen-bond donors (Lipinski definition) is 0. The molecule has 0 amide bonds. The Hall–Kier alpha value is -1.39. The van der Waals surface area contributed by atoms with Gasteiger partial charge < -0.3 is 9.47 Å². The van der Waals surface area contributed by atoms with Crippen LogP contribution in [-0.4, -0.2) is 30.9 Å². The Balaban J connectivity index is 2.93. The first-order chi connectivity index (χ1) is 6.31. The minimum atomic E-state index is -0.452. The normalized spacial score (nSPS) is 9.77. The number of aryl methyl sites for hydroxylation is 1. The van der Waals surface area contributed by atoms with E-state index in [0.717, 1.165) is 0 Å². The highest BCUT2D eigenvalue weighted by atomic mass is 19.1. The van der Waals surface area contributed by atoms with Crippen molar-refractivity contribution in [1.29, 1.82) is 0 Å². The van der Waals surface area contributed by atoms with Gasteiger partial charge in [0.25, 0.3) is 0 Å². The van der Waals surface area contributed by atoms with Crippen molar-refractivity contribution in [2.45, 2.75) is 6.42 Å². The van der Waals surface area contributed by atoms with Crippen LogP contribution in [-0.2, 0) is 6.42 Å². The summed E-state index contributed by atoms with van der Waals surface area (Å²) in [6, 6.07) is 0.222. The fourth-order valence-corrected chi connectivity index (χ4v) is 0.924. The van der Waals surface area contributed by atoms with Gasteiger partial charge in [0.15, 0.2) is 0 Å². The average Bonchev–Trinajstić information content (AvgIpc) is 2.19. The maximum Gasteiger partial charge on any atom is 0.319 e. The second kappa shape index (κ2) is 4.59. The van der Waals surface area contributed by atoms with Crippen LogP contribution in [0.25, 0.3) is 0 Å². The number of alkyl halides is 1. The number of ether oxygens (including phenoxy) is 2. The van der Waals surface area contributed by atoms with E-state index in [9.17, 15) is 4.39 Å². The lowest BCUT2D eigenvalue weighted by molar-refractivity contribution is 0.347. The summed E-state index contributed by atoms with van der Waals surface area (Å²) in [6.07, 6.45) is 1.76. The van der Waals surface area contributed by atoms with Gasteiger partial charge in [-0.05, 0) is 0 Å². The highest BCUT2D eigenvalue weighted by Crippen LogP contribution is 2.17. The van der Waals surface area contributed by atoms with Gasteiger partial charge in [-0.15, -0.1) is 0 Å². The Kier molecular flexibility index (Phi) is 3.42. The zero-order valence-electron chi connectivity index (χ0n) is 7.58. The van der Waals surface area contributed by atoms with Gasteiger partial charge >= 0.3 is 6.01 Å². The van der Waals surface area contributed by atoms with E-state index >= 15 is 0 Å². The van der Waals surface area contributed by atoms with E-state index in [-0.39, 0.29) is 12.4 Å². The smallest absolute Gasteiger partial charge is 0.319 e. The number of halogens is 1. The first-order valence-electron chi connectivity index (χ1n) is 3.81. The molecule has 0 spiro atoms. The molecule has 1 heterocycles. The van der Waals surface area contributed by atoms with Crippen LogP contribution >= 0.6 is 0 Å². The van der Waals surface area contributed by atoms with Gasteiger partial charge in [0.05, 0.1) is 20.9 Å². The van der Waals surface area contributed by atoms with Crippen molar-refractivity contribution >= 4 is 0 Å². The van der Waals surface area contributed by atoms with Crippen LogP contribution in [0.15, 0.2) is 6.20 Å². The van der Waals surface area contributed by atoms with Crippen molar-refractivity contribution in [3.8, 4) is 11.9 Å². The van der Waals surface area contributed by atoms with Gasteiger partial charge in [-0.1, -0.05) is 0 Å². The Morgan fingerprint density at radius 3 is 2.69 bits per heavy atom. The minimum Gasteiger partial charge on any atom is -0.481 e. The second-order valence-corrected chi connectivity index (χ2v) is 2.33. The molecule has 1 aromatic rings. The third-order valence-electron chi connectivity index (χ3n) is 1.54. The number of rotatable bonds is 4. The highest BCUT2D eigenvalue weighted by molar-refractivity contribution is 5.25. The molecule has 0 saturated carbocycles. The first-order valence-corrected chi connectivity index (χ1v) is 3.81. The largest absolute Gasteiger partial charge is 0.481 e. The summed E-state index contributed by atoms with van der Waals surface area (Å²) in [7, 11) is 2.94. The van der Waals surface area contributed by atoms with Gasteiger partial charge in [0, 0.05) is 18.2 Å². The molecule has 0 atom stereocenters. The molecule has 0 radical (unpaired) electrons. The van der Waals surface area contributed by atoms with Crippen molar-refractivity contribution < 1.29 is 13.9 Å². The van der Waals surface area contributed by atoms with Gasteiger partial charge in [-0.25, -0.2) is 4.98 Å². The molecule has 0 aliphatic rings. The molecular weight excluding hydrogens is 175 g/mol. The van der Waals surface area contributed by atoms with Crippen LogP contribution in [0.4, 0.5) is 4.39 Å². The predicted octanol–water partition coefficient (Wildman–Crippen LogP) is 1.01. The number of aromatic nitrogens is 2. The lowest BCUT2D eigenvalue weighted by atomic mass is 10.2. The standard InChI is InChI=1S/C8H11FN2O2/c1-12-7-6(3-4-9)5-10-8(11-7)13-2/h5H,3-4H2,1-2H3. The molecule has 4 nitrogen and oxygen atoms in total. The lowest BCUT2D eigenvalue weighted by Crippen LogP contribution is -2.00. The maximum atomic E-state index is 12.0. The zero-order valence-corrected chi connectivity index (χ0v) is 7.58. The lowest BCUT2D eigenvalue weighted by Gasteiger charge is -2.05. The summed E-state index contributed by atoms with van der Waals surface area (Å²) in [5.74, 6) is 0.365. The topological polar surface area (TPSA) is 44.2 Å². The molecule has 0 aliphatic carbocycles. The molecule has 5 heteroatoms. The van der Waals surface area contributed by atoms with E-state index in [1.807, 2.05) is 0 Å². The van der Waals surface area contributed by atoms with Gasteiger partial charge in [0.2, 0.25) is 5.88 Å². The van der Waals surface area contributed by atoms with Crippen molar-refractivity contribution in [3.63, 3.8) is 0 Å². The average molecular weight is 186 g/mol. The monoisotopic (exact) mass is 186 g/mol. The number of nitrogens with zero attached hydrogens (tertiary/aromatic N) is 2. The van der Waals surface area contributed by atoms with Crippen molar-refractivity contribution in [2.75, 3.05) is 20.9 Å². The summed E-state index contributed by atoms with van der Waals surface area (Å²) in [5, 5.41) is 0. The summed E-state index contributed by atoms with van der Waals surface area (Å²) in [4.78, 5) is 7.75. The third kappa shape index (κ3) is 2.27. The highest BCUT2D eigenvalue weighted by Gasteiger charge is 2.06. The van der Waals surface area contributed by atoms with Crippen LogP contribution in [0.1, 0.15) is 5.56 Å². The molecule has 0 unspecified atom stereocenters. The molecule has 1 rings (SSSR count). The summed E-state index contributed by atoms with van der Waals surface area (Å²) >= 11 is 0. The van der Waals surface area contributed by atoms with Crippen molar-refractivity contribution in [3.05, 3.63) is 11.8 Å². The minimum absolute atomic E-state index is 0.222. The first kappa shape index (κ1) is 9.70. The van der Waals surface area contributed by atoms with E-state index in [2.05, 4.69) is 9.97 Å². The van der Waals surface area contributed by atoms with Crippen molar-refractivity contribution in [2.24, 2.45) is 0 Å². The van der Waals surface area contributed by atoms with Crippen LogP contribution in [0, 0.1) is 0 Å². The molecule has 1 aromatic heterocycles. The Morgan fingerprint density at radius 2 is 2.15 bits per heavy atom. The molecule has 0 saturated heterocycles. The molecular formula is C8H11FN2O2. The van der Waals surface area contributed by atoms with E-state index in [0.29, 0.717) is 11.4 Å². The van der Waals surface area contributed by atoms with Crippen LogP contribution in [0.5, 0.6) is 11.9 Å². The maximum absolute atomic E-state index is 12.0. The van der Waals surface area contributed by atoms with E-state index in [4.69, 9.17) is 9.47 Å². The summed E-state index contributed by atoms with van der Waals surface area (Å²) in [6.45, 7) is -0.452. The number of methoxy groups -OCH3 is 2. The fraction of sp³-hybridized carbons (Fsp3) is 0.500. The molecule has 13 heavy (non-hydrogen) atoms. The van der Waals surface area contributed by atoms with Crippen LogP contribution in [0.3, 0.4) is 0 Å². The Labute approximate surface area is 75.7 Å². The predicted molar refractivity (Wildman–Crippen MR) is 44.8 cm³/mol. The Morgan fingerprint density at radius 1 is 1.38 bits per heavy atom. The Bertz CT molecular complexity index is 281. The van der Waals surface area contributed by atoms with E-state index in [1.165, 1.54) is 20.4 Å². The molecule has 72 valence electrons. The molecule has 0 N–H and O–H groups in total.